The molecule has 0 radical (unpaired) electrons. The minimum absolute atomic E-state index is 0. The lowest BCUT2D eigenvalue weighted by Crippen LogP contribution is -3.00. The van der Waals surface area contributed by atoms with Crippen molar-refractivity contribution in [3.63, 3.8) is 0 Å². The molecule has 5 rings (SSSR count). The van der Waals surface area contributed by atoms with Crippen LogP contribution in [0.15, 0.2) is 47.5 Å². The van der Waals surface area contributed by atoms with Crippen molar-refractivity contribution >= 4 is 51.1 Å². The smallest absolute Gasteiger partial charge is 0.355 e. The molecule has 2 aliphatic rings. The normalized spacial score (nSPS) is 21.2. The quantitative estimate of drug-likeness (QED) is 0.0695. The number of thioether (sulfide) groups is 1. The lowest BCUT2D eigenvalue weighted by molar-refractivity contribution is -0.726. The van der Waals surface area contributed by atoms with Crippen molar-refractivity contribution < 1.29 is 52.9 Å². The molecule has 1 N–H and O–H groups in total. The van der Waals surface area contributed by atoms with Gasteiger partial charge in [-0.2, -0.15) is 4.40 Å². The summed E-state index contributed by atoms with van der Waals surface area (Å²) in [6.07, 6.45) is 5.19. The van der Waals surface area contributed by atoms with Gasteiger partial charge in [0.2, 0.25) is 15.8 Å². The summed E-state index contributed by atoms with van der Waals surface area (Å²) in [5.74, 6) is -1.69. The number of thiazole rings is 1. The number of benzene rings is 1. The lowest BCUT2D eigenvalue weighted by Gasteiger charge is -2.46. The molecule has 2 aliphatic heterocycles. The molecule has 4 atom stereocenters. The minimum Gasteiger partial charge on any atom is -1.00 e. The van der Waals surface area contributed by atoms with E-state index in [1.165, 1.54) is 29.2 Å². The number of fused-ring (bicyclic) bond motifs is 2. The molecular weight excluding hydrogens is 643 g/mol. The maximum atomic E-state index is 13.5. The van der Waals surface area contributed by atoms with E-state index in [4.69, 9.17) is 4.74 Å². The van der Waals surface area contributed by atoms with Crippen LogP contribution in [0.4, 0.5) is 5.69 Å². The third-order valence-electron chi connectivity index (χ3n) is 7.09. The van der Waals surface area contributed by atoms with Gasteiger partial charge in [-0.05, 0) is 37.8 Å². The summed E-state index contributed by atoms with van der Waals surface area (Å²) < 4.78 is 9.81. The van der Waals surface area contributed by atoms with E-state index in [0.29, 0.717) is 5.56 Å². The van der Waals surface area contributed by atoms with Gasteiger partial charge in [0.05, 0.1) is 34.4 Å². The number of amides is 1. The van der Waals surface area contributed by atoms with Crippen LogP contribution in [-0.2, 0) is 27.5 Å². The summed E-state index contributed by atoms with van der Waals surface area (Å²) in [6.45, 7) is 6.40. The maximum absolute atomic E-state index is 13.5. The van der Waals surface area contributed by atoms with E-state index >= 15 is 0 Å². The van der Waals surface area contributed by atoms with Crippen molar-refractivity contribution in [2.75, 3.05) is 6.26 Å². The summed E-state index contributed by atoms with van der Waals surface area (Å²) in [4.78, 5) is 40.3. The van der Waals surface area contributed by atoms with Gasteiger partial charge in [0.15, 0.2) is 0 Å². The Hall–Kier alpha value is -2.49. The average molecular weight is 671 g/mol. The SMILES string of the molecule is CC[n+]1cn2cc(C3=C(C(=O)OCc4ccc([N+](=O)[O-])cc4)N4C(=O)[C@H]([C@@H](C)O)[C@H]4[C@H]3C)sc2c1SC.[I-]. The second-order valence-corrected chi connectivity index (χ2v) is 11.1. The number of aryl methyl sites for hydroxylation is 1. The van der Waals surface area contributed by atoms with E-state index < -0.39 is 22.9 Å². The zero-order valence-electron chi connectivity index (χ0n) is 21.2. The molecule has 1 fully saturated rings. The Bertz CT molecular complexity index is 1450. The number of nitrogens with zero attached hydrogens (tertiary/aromatic N) is 4. The monoisotopic (exact) mass is 670 g/mol. The number of nitro groups is 1. The highest BCUT2D eigenvalue weighted by Gasteiger charge is 2.60. The van der Waals surface area contributed by atoms with E-state index in [0.717, 1.165) is 26.9 Å². The van der Waals surface area contributed by atoms with Gasteiger partial charge in [-0.1, -0.05) is 30.0 Å². The van der Waals surface area contributed by atoms with Gasteiger partial charge in [0.1, 0.15) is 18.5 Å². The second kappa shape index (κ2) is 10.9. The highest BCUT2D eigenvalue weighted by molar-refractivity contribution is 7.98. The number of carbonyl (C=O) groups is 2. The highest BCUT2D eigenvalue weighted by atomic mass is 127. The van der Waals surface area contributed by atoms with Crippen LogP contribution in [0.25, 0.3) is 10.4 Å². The van der Waals surface area contributed by atoms with Crippen molar-refractivity contribution in [2.45, 2.75) is 51.1 Å². The number of rotatable bonds is 8. The Kier molecular flexibility index (Phi) is 8.21. The van der Waals surface area contributed by atoms with Gasteiger partial charge in [0.25, 0.3) is 12.0 Å². The standard InChI is InChI=1S/C25H27N4O6S2.HI/c1-5-26-12-27-10-17(37-24(27)23(26)36-4)18-13(2)20-19(14(3)30)22(31)28(20)21(18)25(32)35-11-15-6-8-16(9-7-15)29(33)34;/h6-10,12-14,19-20,30H,5,11H2,1-4H3;1H/q+1;/p-1/t13-,14+,19+,20+;/m0./s1. The molecule has 1 saturated heterocycles. The number of ether oxygens (including phenoxy) is 1. The van der Waals surface area contributed by atoms with E-state index in [1.54, 1.807) is 30.0 Å². The van der Waals surface area contributed by atoms with Crippen LogP contribution >= 0.6 is 23.1 Å². The van der Waals surface area contributed by atoms with Crippen molar-refractivity contribution in [1.29, 1.82) is 0 Å². The number of carbonyl (C=O) groups excluding carboxylic acids is 2. The molecule has 0 unspecified atom stereocenters. The summed E-state index contributed by atoms with van der Waals surface area (Å²) in [5, 5.41) is 22.3. The summed E-state index contributed by atoms with van der Waals surface area (Å²) in [5.41, 5.74) is 1.49. The van der Waals surface area contributed by atoms with Crippen LogP contribution in [0.5, 0.6) is 0 Å². The molecule has 38 heavy (non-hydrogen) atoms. The van der Waals surface area contributed by atoms with Gasteiger partial charge in [-0.25, -0.2) is 9.36 Å². The first-order valence-electron chi connectivity index (χ1n) is 11.9. The average Bonchev–Trinajstić information content (AvgIpc) is 3.49. The number of hydrogen-bond donors (Lipinski definition) is 1. The number of nitro benzene ring substituents is 1. The molecule has 0 aliphatic carbocycles. The molecule has 2 aromatic heterocycles. The Morgan fingerprint density at radius 2 is 2.03 bits per heavy atom. The Morgan fingerprint density at radius 1 is 1.34 bits per heavy atom. The summed E-state index contributed by atoms with van der Waals surface area (Å²) in [6, 6.07) is 5.46. The van der Waals surface area contributed by atoms with E-state index in [1.807, 2.05) is 30.1 Å². The topological polar surface area (TPSA) is 118 Å². The fraction of sp³-hybridized carbons (Fsp3) is 0.400. The zero-order chi connectivity index (χ0) is 26.6. The molecule has 0 bridgehead atoms. The van der Waals surface area contributed by atoms with Gasteiger partial charge in [-0.3, -0.25) is 14.9 Å². The lowest BCUT2D eigenvalue weighted by atomic mass is 9.77. The molecular formula is C25H27IN4O6S2. The first kappa shape index (κ1) is 28.5. The Labute approximate surface area is 244 Å². The molecule has 1 amide bonds. The Morgan fingerprint density at radius 3 is 2.61 bits per heavy atom. The van der Waals surface area contributed by atoms with E-state index in [9.17, 15) is 24.8 Å². The van der Waals surface area contributed by atoms with E-state index in [2.05, 4.69) is 11.5 Å². The molecule has 0 spiro atoms. The summed E-state index contributed by atoms with van der Waals surface area (Å²) >= 11 is 3.21. The molecule has 1 aromatic carbocycles. The van der Waals surface area contributed by atoms with Crippen LogP contribution in [-0.4, -0.2) is 49.6 Å². The van der Waals surface area contributed by atoms with Crippen molar-refractivity contribution in [2.24, 2.45) is 11.8 Å². The first-order chi connectivity index (χ1) is 17.7. The minimum atomic E-state index is -0.835. The highest BCUT2D eigenvalue weighted by Crippen LogP contribution is 2.52. The van der Waals surface area contributed by atoms with Gasteiger partial charge < -0.3 is 38.7 Å². The van der Waals surface area contributed by atoms with Crippen LogP contribution in [0.1, 0.15) is 31.2 Å². The van der Waals surface area contributed by atoms with E-state index in [-0.39, 0.29) is 59.8 Å². The molecule has 202 valence electrons. The maximum Gasteiger partial charge on any atom is 0.355 e. The van der Waals surface area contributed by atoms with Gasteiger partial charge in [-0.15, -0.1) is 0 Å². The number of non-ortho nitro benzene ring substituents is 1. The number of imidazole rings is 1. The van der Waals surface area contributed by atoms with Crippen molar-refractivity contribution in [1.82, 2.24) is 9.30 Å². The zero-order valence-corrected chi connectivity index (χ0v) is 24.9. The number of halogens is 1. The molecule has 10 nitrogen and oxygen atoms in total. The number of aliphatic hydroxyl groups is 1. The molecule has 4 heterocycles. The third-order valence-corrected chi connectivity index (χ3v) is 9.17. The number of β-lactam (4-membered cyclic amide) rings is 1. The predicted molar refractivity (Wildman–Crippen MR) is 138 cm³/mol. The van der Waals surface area contributed by atoms with Crippen LogP contribution in [0.3, 0.4) is 0 Å². The number of hydrogen-bond acceptors (Lipinski definition) is 8. The van der Waals surface area contributed by atoms with Crippen LogP contribution in [0.2, 0.25) is 0 Å². The fourth-order valence-corrected chi connectivity index (χ4v) is 7.54. The largest absolute Gasteiger partial charge is 1.00 e. The van der Waals surface area contributed by atoms with Gasteiger partial charge >= 0.3 is 5.97 Å². The number of aromatic nitrogens is 2. The Balaban J connectivity index is 0.00000336. The molecule has 13 heteroatoms. The molecule has 0 saturated carbocycles. The second-order valence-electron chi connectivity index (χ2n) is 9.23. The van der Waals surface area contributed by atoms with Crippen molar-refractivity contribution in [3.8, 4) is 0 Å². The number of aliphatic hydroxyl groups excluding tert-OH is 1. The summed E-state index contributed by atoms with van der Waals surface area (Å²) in [7, 11) is 0. The predicted octanol–water partition coefficient (Wildman–Crippen LogP) is 0.254. The van der Waals surface area contributed by atoms with Crippen LogP contribution in [0, 0.1) is 22.0 Å². The fourth-order valence-electron chi connectivity index (χ4n) is 5.30. The third kappa shape index (κ3) is 4.52. The van der Waals surface area contributed by atoms with Gasteiger partial charge in [0, 0.05) is 23.6 Å². The number of esters is 1. The van der Waals surface area contributed by atoms with Crippen LogP contribution < -0.4 is 28.5 Å². The van der Waals surface area contributed by atoms with Crippen molar-refractivity contribution in [3.05, 3.63) is 63.0 Å². The molecule has 3 aromatic rings. The first-order valence-corrected chi connectivity index (χ1v) is 14.0.